The van der Waals surface area contributed by atoms with Crippen LogP contribution in [0, 0.1) is 0 Å². The lowest BCUT2D eigenvalue weighted by Gasteiger charge is -2.29. The number of hydrogen-bond acceptors (Lipinski definition) is 3. The van der Waals surface area contributed by atoms with E-state index in [4.69, 9.17) is 4.74 Å². The molecule has 1 amide bonds. The van der Waals surface area contributed by atoms with Gasteiger partial charge in [0.15, 0.2) is 0 Å². The fourth-order valence-electron chi connectivity index (χ4n) is 2.44. The number of anilines is 1. The summed E-state index contributed by atoms with van der Waals surface area (Å²) in [6.45, 7) is 7.21. The maximum atomic E-state index is 12.2. The summed E-state index contributed by atoms with van der Waals surface area (Å²) in [7, 11) is 0. The third-order valence-electron chi connectivity index (χ3n) is 3.41. The molecule has 0 aliphatic carbocycles. The van der Waals surface area contributed by atoms with Crippen LogP contribution in [0.1, 0.15) is 33.6 Å². The number of likely N-dealkylation sites (tertiary alicyclic amines) is 1. The van der Waals surface area contributed by atoms with Crippen molar-refractivity contribution in [2.24, 2.45) is 0 Å². The van der Waals surface area contributed by atoms with E-state index in [-0.39, 0.29) is 12.1 Å². The first-order valence-electron chi connectivity index (χ1n) is 7.35. The zero-order chi connectivity index (χ0) is 15.5. The van der Waals surface area contributed by atoms with Gasteiger partial charge in [-0.15, -0.1) is 0 Å². The molecule has 1 heterocycles. The van der Waals surface area contributed by atoms with Gasteiger partial charge in [-0.1, -0.05) is 12.1 Å². The van der Waals surface area contributed by atoms with E-state index in [2.05, 4.69) is 21.2 Å². The first kappa shape index (κ1) is 16.1. The highest BCUT2D eigenvalue weighted by atomic mass is 79.9. The molecule has 0 saturated carbocycles. The molecular formula is C16H23BrN2O2. The van der Waals surface area contributed by atoms with Crippen molar-refractivity contribution in [2.75, 3.05) is 18.4 Å². The number of carbonyl (C=O) groups is 1. The van der Waals surface area contributed by atoms with Crippen LogP contribution in [0.4, 0.5) is 10.5 Å². The van der Waals surface area contributed by atoms with Gasteiger partial charge in [0.2, 0.25) is 0 Å². The van der Waals surface area contributed by atoms with Crippen molar-refractivity contribution < 1.29 is 9.53 Å². The molecule has 1 fully saturated rings. The standard InChI is InChI=1S/C16H23BrN2O2/c1-16(2,3)21-15(20)19-10-6-7-12(19)11-18-14-9-5-4-8-13(14)17/h4-5,8-9,12,18H,6-7,10-11H2,1-3H3/t12-/m1/s1. The van der Waals surface area contributed by atoms with Crippen LogP contribution in [-0.4, -0.2) is 35.7 Å². The molecule has 0 unspecified atom stereocenters. The zero-order valence-corrected chi connectivity index (χ0v) is 14.4. The van der Waals surface area contributed by atoms with Crippen LogP contribution in [0.3, 0.4) is 0 Å². The van der Waals surface area contributed by atoms with Gasteiger partial charge in [-0.3, -0.25) is 0 Å². The van der Waals surface area contributed by atoms with Crippen molar-refractivity contribution in [2.45, 2.75) is 45.3 Å². The minimum atomic E-state index is -0.444. The Morgan fingerprint density at radius 3 is 2.81 bits per heavy atom. The van der Waals surface area contributed by atoms with E-state index >= 15 is 0 Å². The van der Waals surface area contributed by atoms with Gasteiger partial charge >= 0.3 is 6.09 Å². The van der Waals surface area contributed by atoms with E-state index < -0.39 is 5.60 Å². The Kier molecular flexibility index (Phi) is 5.14. The van der Waals surface area contributed by atoms with Crippen LogP contribution >= 0.6 is 15.9 Å². The Bertz CT molecular complexity index is 499. The number of amides is 1. The quantitative estimate of drug-likeness (QED) is 0.881. The SMILES string of the molecule is CC(C)(C)OC(=O)N1CCC[C@@H]1CNc1ccccc1Br. The minimum Gasteiger partial charge on any atom is -0.444 e. The molecule has 1 aliphatic heterocycles. The number of ether oxygens (including phenoxy) is 1. The molecule has 1 aromatic rings. The topological polar surface area (TPSA) is 41.6 Å². The predicted octanol–water partition coefficient (Wildman–Crippen LogP) is 4.26. The van der Waals surface area contributed by atoms with Crippen molar-refractivity contribution in [3.8, 4) is 0 Å². The normalized spacial score (nSPS) is 18.7. The van der Waals surface area contributed by atoms with E-state index in [1.165, 1.54) is 0 Å². The van der Waals surface area contributed by atoms with Crippen LogP contribution in [0.5, 0.6) is 0 Å². The summed E-state index contributed by atoms with van der Waals surface area (Å²) < 4.78 is 6.51. The summed E-state index contributed by atoms with van der Waals surface area (Å²) in [4.78, 5) is 14.1. The van der Waals surface area contributed by atoms with Crippen molar-refractivity contribution in [3.63, 3.8) is 0 Å². The smallest absolute Gasteiger partial charge is 0.410 e. The lowest BCUT2D eigenvalue weighted by atomic mass is 10.2. The number of para-hydroxylation sites is 1. The first-order valence-corrected chi connectivity index (χ1v) is 8.14. The monoisotopic (exact) mass is 354 g/mol. The molecule has 116 valence electrons. The number of rotatable bonds is 3. The van der Waals surface area contributed by atoms with E-state index in [0.717, 1.165) is 36.1 Å². The molecule has 1 aliphatic rings. The fourth-order valence-corrected chi connectivity index (χ4v) is 2.87. The van der Waals surface area contributed by atoms with Gasteiger partial charge < -0.3 is 15.0 Å². The second kappa shape index (κ2) is 6.69. The third-order valence-corrected chi connectivity index (χ3v) is 4.10. The summed E-state index contributed by atoms with van der Waals surface area (Å²) in [6.07, 6.45) is 1.83. The Labute approximate surface area is 135 Å². The van der Waals surface area contributed by atoms with E-state index in [1.807, 2.05) is 49.9 Å². The maximum Gasteiger partial charge on any atom is 0.410 e. The molecule has 2 rings (SSSR count). The van der Waals surface area contributed by atoms with Crippen LogP contribution in [0.25, 0.3) is 0 Å². The number of hydrogen-bond donors (Lipinski definition) is 1. The average Bonchev–Trinajstić information content (AvgIpc) is 2.84. The molecule has 1 N–H and O–H groups in total. The highest BCUT2D eigenvalue weighted by Gasteiger charge is 2.31. The number of carbonyl (C=O) groups excluding carboxylic acids is 1. The van der Waals surface area contributed by atoms with Gasteiger partial charge in [-0.05, 0) is 61.7 Å². The highest BCUT2D eigenvalue weighted by Crippen LogP contribution is 2.24. The van der Waals surface area contributed by atoms with Gasteiger partial charge in [-0.25, -0.2) is 4.79 Å². The second-order valence-electron chi connectivity index (χ2n) is 6.33. The number of nitrogens with one attached hydrogen (secondary N) is 1. The summed E-state index contributed by atoms with van der Waals surface area (Å²) in [6, 6.07) is 8.19. The maximum absolute atomic E-state index is 12.2. The molecule has 0 aromatic heterocycles. The fraction of sp³-hybridized carbons (Fsp3) is 0.562. The van der Waals surface area contributed by atoms with Gasteiger partial charge in [0.05, 0.1) is 6.04 Å². The Morgan fingerprint density at radius 2 is 2.14 bits per heavy atom. The van der Waals surface area contributed by atoms with E-state index in [9.17, 15) is 4.79 Å². The number of benzene rings is 1. The van der Waals surface area contributed by atoms with Crippen LogP contribution in [0.15, 0.2) is 28.7 Å². The van der Waals surface area contributed by atoms with Crippen LogP contribution < -0.4 is 5.32 Å². The zero-order valence-electron chi connectivity index (χ0n) is 12.9. The Morgan fingerprint density at radius 1 is 1.43 bits per heavy atom. The van der Waals surface area contributed by atoms with Gasteiger partial charge in [-0.2, -0.15) is 0 Å². The summed E-state index contributed by atoms with van der Waals surface area (Å²) in [5.74, 6) is 0. The average molecular weight is 355 g/mol. The van der Waals surface area contributed by atoms with Crippen molar-refractivity contribution in [3.05, 3.63) is 28.7 Å². The van der Waals surface area contributed by atoms with Gasteiger partial charge in [0.25, 0.3) is 0 Å². The second-order valence-corrected chi connectivity index (χ2v) is 7.18. The largest absolute Gasteiger partial charge is 0.444 e. The van der Waals surface area contributed by atoms with E-state index in [0.29, 0.717) is 0 Å². The Hall–Kier alpha value is -1.23. The van der Waals surface area contributed by atoms with Crippen LogP contribution in [0.2, 0.25) is 0 Å². The lowest BCUT2D eigenvalue weighted by Crippen LogP contribution is -2.42. The predicted molar refractivity (Wildman–Crippen MR) is 88.6 cm³/mol. The molecular weight excluding hydrogens is 332 g/mol. The van der Waals surface area contributed by atoms with Crippen molar-refractivity contribution in [1.82, 2.24) is 4.90 Å². The summed E-state index contributed by atoms with van der Waals surface area (Å²) >= 11 is 3.52. The lowest BCUT2D eigenvalue weighted by molar-refractivity contribution is 0.0235. The molecule has 1 aromatic carbocycles. The molecule has 0 bridgehead atoms. The number of nitrogens with zero attached hydrogens (tertiary/aromatic N) is 1. The highest BCUT2D eigenvalue weighted by molar-refractivity contribution is 9.10. The molecule has 1 atom stereocenters. The van der Waals surface area contributed by atoms with Crippen LogP contribution in [-0.2, 0) is 4.74 Å². The number of halogens is 1. The van der Waals surface area contributed by atoms with Crippen molar-refractivity contribution in [1.29, 1.82) is 0 Å². The van der Waals surface area contributed by atoms with Crippen molar-refractivity contribution >= 4 is 27.7 Å². The first-order chi connectivity index (χ1) is 9.87. The molecule has 0 radical (unpaired) electrons. The van der Waals surface area contributed by atoms with Gasteiger partial charge in [0.1, 0.15) is 5.60 Å². The third kappa shape index (κ3) is 4.63. The summed E-state index contributed by atoms with van der Waals surface area (Å²) in [5.41, 5.74) is 0.605. The molecule has 1 saturated heterocycles. The molecule has 4 nitrogen and oxygen atoms in total. The summed E-state index contributed by atoms with van der Waals surface area (Å²) in [5, 5.41) is 3.41. The molecule has 0 spiro atoms. The Balaban J connectivity index is 1.93. The van der Waals surface area contributed by atoms with Gasteiger partial charge in [0, 0.05) is 23.2 Å². The molecule has 5 heteroatoms. The minimum absolute atomic E-state index is 0.187. The van der Waals surface area contributed by atoms with E-state index in [1.54, 1.807) is 0 Å². The molecule has 21 heavy (non-hydrogen) atoms.